The van der Waals surface area contributed by atoms with E-state index >= 15 is 0 Å². The summed E-state index contributed by atoms with van der Waals surface area (Å²) in [5, 5.41) is 8.65. The van der Waals surface area contributed by atoms with Crippen molar-refractivity contribution in [2.75, 3.05) is 25.2 Å². The van der Waals surface area contributed by atoms with Gasteiger partial charge in [-0.2, -0.15) is 0 Å². The maximum Gasteiger partial charge on any atom is 0.134 e. The Bertz CT molecular complexity index is 318. The standard InChI is InChI=1S/C12H19NO2S/c1-15-11-9-10(13)5-6-12(11)16-8-4-2-3-7-14/h5-6,9,14H,2-4,7-8,13H2,1H3. The molecule has 0 aliphatic rings. The molecule has 0 aromatic heterocycles. The highest BCUT2D eigenvalue weighted by molar-refractivity contribution is 7.99. The Morgan fingerprint density at radius 3 is 2.81 bits per heavy atom. The zero-order valence-corrected chi connectivity index (χ0v) is 10.4. The van der Waals surface area contributed by atoms with Crippen LogP contribution in [0.2, 0.25) is 0 Å². The zero-order valence-electron chi connectivity index (χ0n) is 9.61. The number of aliphatic hydroxyl groups excluding tert-OH is 1. The minimum Gasteiger partial charge on any atom is -0.496 e. The molecule has 0 unspecified atom stereocenters. The van der Waals surface area contributed by atoms with E-state index in [1.807, 2.05) is 18.2 Å². The number of nitrogens with two attached hydrogens (primary N) is 1. The van der Waals surface area contributed by atoms with Crippen molar-refractivity contribution in [1.82, 2.24) is 0 Å². The summed E-state index contributed by atoms with van der Waals surface area (Å²) in [5.41, 5.74) is 6.40. The van der Waals surface area contributed by atoms with Crippen LogP contribution >= 0.6 is 11.8 Å². The maximum atomic E-state index is 8.65. The summed E-state index contributed by atoms with van der Waals surface area (Å²) >= 11 is 1.77. The quantitative estimate of drug-likeness (QED) is 0.437. The Morgan fingerprint density at radius 2 is 2.12 bits per heavy atom. The smallest absolute Gasteiger partial charge is 0.134 e. The van der Waals surface area contributed by atoms with E-state index in [0.717, 1.165) is 41.3 Å². The van der Waals surface area contributed by atoms with E-state index < -0.39 is 0 Å². The van der Waals surface area contributed by atoms with Crippen molar-refractivity contribution < 1.29 is 9.84 Å². The second-order valence-electron chi connectivity index (χ2n) is 3.54. The lowest BCUT2D eigenvalue weighted by Crippen LogP contribution is -1.91. The molecule has 0 atom stereocenters. The van der Waals surface area contributed by atoms with Crippen molar-refractivity contribution in [3.63, 3.8) is 0 Å². The van der Waals surface area contributed by atoms with Gasteiger partial charge in [0.05, 0.1) is 7.11 Å². The normalized spacial score (nSPS) is 10.4. The summed E-state index contributed by atoms with van der Waals surface area (Å²) in [6.07, 6.45) is 3.07. The van der Waals surface area contributed by atoms with E-state index in [2.05, 4.69) is 0 Å². The van der Waals surface area contributed by atoms with Crippen LogP contribution in [-0.2, 0) is 0 Å². The van der Waals surface area contributed by atoms with Gasteiger partial charge >= 0.3 is 0 Å². The molecule has 0 saturated carbocycles. The van der Waals surface area contributed by atoms with Crippen molar-refractivity contribution >= 4 is 17.4 Å². The van der Waals surface area contributed by atoms with E-state index in [1.165, 1.54) is 0 Å². The van der Waals surface area contributed by atoms with Crippen LogP contribution < -0.4 is 10.5 Å². The predicted octanol–water partition coefficient (Wildman–Crippen LogP) is 2.53. The highest BCUT2D eigenvalue weighted by Crippen LogP contribution is 2.31. The minimum absolute atomic E-state index is 0.288. The SMILES string of the molecule is COc1cc(N)ccc1SCCCCCO. The first-order chi connectivity index (χ1) is 7.77. The molecule has 0 bridgehead atoms. The molecule has 0 saturated heterocycles. The number of unbranched alkanes of at least 4 members (excludes halogenated alkanes) is 2. The first kappa shape index (κ1) is 13.2. The van der Waals surface area contributed by atoms with E-state index in [0.29, 0.717) is 0 Å². The Balaban J connectivity index is 2.41. The number of rotatable bonds is 7. The van der Waals surface area contributed by atoms with Crippen LogP contribution in [0.15, 0.2) is 23.1 Å². The second-order valence-corrected chi connectivity index (χ2v) is 4.68. The lowest BCUT2D eigenvalue weighted by Gasteiger charge is -2.08. The Labute approximate surface area is 101 Å². The van der Waals surface area contributed by atoms with Crippen LogP contribution in [0.4, 0.5) is 5.69 Å². The maximum absolute atomic E-state index is 8.65. The molecule has 1 aromatic rings. The molecular weight excluding hydrogens is 222 g/mol. The number of hydrogen-bond donors (Lipinski definition) is 2. The molecular formula is C12H19NO2S. The molecule has 4 heteroatoms. The van der Waals surface area contributed by atoms with E-state index in [-0.39, 0.29) is 6.61 Å². The summed E-state index contributed by atoms with van der Waals surface area (Å²) in [5.74, 6) is 1.88. The van der Waals surface area contributed by atoms with Gasteiger partial charge in [0.1, 0.15) is 5.75 Å². The highest BCUT2D eigenvalue weighted by Gasteiger charge is 2.03. The van der Waals surface area contributed by atoms with Gasteiger partial charge in [-0.05, 0) is 30.7 Å². The molecule has 3 N–H and O–H groups in total. The number of anilines is 1. The molecule has 0 spiro atoms. The topological polar surface area (TPSA) is 55.5 Å². The summed E-state index contributed by atoms with van der Waals surface area (Å²) < 4.78 is 5.26. The molecule has 90 valence electrons. The highest BCUT2D eigenvalue weighted by atomic mass is 32.2. The van der Waals surface area contributed by atoms with Crippen LogP contribution in [0.5, 0.6) is 5.75 Å². The molecule has 1 rings (SSSR count). The monoisotopic (exact) mass is 241 g/mol. The fourth-order valence-electron chi connectivity index (χ4n) is 1.38. The third kappa shape index (κ3) is 4.33. The molecule has 1 aromatic carbocycles. The van der Waals surface area contributed by atoms with Crippen LogP contribution in [-0.4, -0.2) is 24.6 Å². The largest absolute Gasteiger partial charge is 0.496 e. The Hall–Kier alpha value is -0.870. The first-order valence-electron chi connectivity index (χ1n) is 5.45. The molecule has 0 amide bonds. The fourth-order valence-corrected chi connectivity index (χ4v) is 2.39. The number of methoxy groups -OCH3 is 1. The van der Waals surface area contributed by atoms with Gasteiger partial charge in [-0.1, -0.05) is 6.42 Å². The van der Waals surface area contributed by atoms with Crippen LogP contribution in [0.1, 0.15) is 19.3 Å². The molecule has 16 heavy (non-hydrogen) atoms. The van der Waals surface area contributed by atoms with Crippen molar-refractivity contribution in [1.29, 1.82) is 0 Å². The summed E-state index contributed by atoms with van der Waals surface area (Å²) in [6, 6.07) is 5.72. The van der Waals surface area contributed by atoms with Crippen LogP contribution in [0.25, 0.3) is 0 Å². The number of aliphatic hydroxyl groups is 1. The van der Waals surface area contributed by atoms with E-state index in [1.54, 1.807) is 18.9 Å². The molecule has 0 aliphatic carbocycles. The number of hydrogen-bond acceptors (Lipinski definition) is 4. The minimum atomic E-state index is 0.288. The third-order valence-corrected chi connectivity index (χ3v) is 3.39. The van der Waals surface area contributed by atoms with Gasteiger partial charge in [0.25, 0.3) is 0 Å². The number of thioether (sulfide) groups is 1. The van der Waals surface area contributed by atoms with Gasteiger partial charge < -0.3 is 15.6 Å². The summed E-state index contributed by atoms with van der Waals surface area (Å²) in [7, 11) is 1.66. The van der Waals surface area contributed by atoms with Gasteiger partial charge in [0, 0.05) is 23.3 Å². The lowest BCUT2D eigenvalue weighted by atomic mass is 10.3. The van der Waals surface area contributed by atoms with E-state index in [4.69, 9.17) is 15.6 Å². The van der Waals surface area contributed by atoms with Gasteiger partial charge in [0.2, 0.25) is 0 Å². The second kappa shape index (κ2) is 7.41. The molecule has 0 aliphatic heterocycles. The summed E-state index contributed by atoms with van der Waals surface area (Å²) in [6.45, 7) is 0.288. The average molecular weight is 241 g/mol. The van der Waals surface area contributed by atoms with Crippen molar-refractivity contribution in [3.05, 3.63) is 18.2 Å². The number of ether oxygens (including phenoxy) is 1. The van der Waals surface area contributed by atoms with Gasteiger partial charge in [0.15, 0.2) is 0 Å². The van der Waals surface area contributed by atoms with E-state index in [9.17, 15) is 0 Å². The van der Waals surface area contributed by atoms with Gasteiger partial charge in [-0.3, -0.25) is 0 Å². The first-order valence-corrected chi connectivity index (χ1v) is 6.43. The van der Waals surface area contributed by atoms with Gasteiger partial charge in [-0.15, -0.1) is 11.8 Å². The predicted molar refractivity (Wildman–Crippen MR) is 69.1 cm³/mol. The van der Waals surface area contributed by atoms with Crippen LogP contribution in [0, 0.1) is 0 Å². The summed E-state index contributed by atoms with van der Waals surface area (Å²) in [4.78, 5) is 1.13. The van der Waals surface area contributed by atoms with Crippen LogP contribution in [0.3, 0.4) is 0 Å². The lowest BCUT2D eigenvalue weighted by molar-refractivity contribution is 0.284. The Kier molecular flexibility index (Phi) is 6.11. The van der Waals surface area contributed by atoms with Gasteiger partial charge in [-0.25, -0.2) is 0 Å². The number of nitrogen functional groups attached to an aromatic ring is 1. The molecule has 0 fully saturated rings. The molecule has 3 nitrogen and oxygen atoms in total. The zero-order chi connectivity index (χ0) is 11.8. The molecule has 0 heterocycles. The number of benzene rings is 1. The Morgan fingerprint density at radius 1 is 1.31 bits per heavy atom. The van der Waals surface area contributed by atoms with Crippen molar-refractivity contribution in [3.8, 4) is 5.75 Å². The fraction of sp³-hybridized carbons (Fsp3) is 0.500. The molecule has 0 radical (unpaired) electrons. The van der Waals surface area contributed by atoms with Crippen molar-refractivity contribution in [2.45, 2.75) is 24.2 Å². The average Bonchev–Trinajstić information content (AvgIpc) is 2.30. The third-order valence-electron chi connectivity index (χ3n) is 2.25. The van der Waals surface area contributed by atoms with Crippen molar-refractivity contribution in [2.24, 2.45) is 0 Å².